The average molecular weight is 457 g/mol. The third kappa shape index (κ3) is 3.98. The van der Waals surface area contributed by atoms with E-state index in [0.29, 0.717) is 47.5 Å². The van der Waals surface area contributed by atoms with E-state index in [9.17, 15) is 4.79 Å². The van der Waals surface area contributed by atoms with Crippen molar-refractivity contribution < 1.29 is 14.3 Å². The Morgan fingerprint density at radius 2 is 1.68 bits per heavy atom. The summed E-state index contributed by atoms with van der Waals surface area (Å²) in [6, 6.07) is 14.5. The van der Waals surface area contributed by atoms with Crippen molar-refractivity contribution >= 4 is 34.9 Å². The fraction of sp³-hybridized carbons (Fsp3) is 0.227. The zero-order valence-corrected chi connectivity index (χ0v) is 17.9. The summed E-state index contributed by atoms with van der Waals surface area (Å²) < 4.78 is 10.8. The van der Waals surface area contributed by atoms with Crippen LogP contribution in [-0.2, 0) is 0 Å². The van der Waals surface area contributed by atoms with Crippen LogP contribution in [0, 0.1) is 0 Å². The topological polar surface area (TPSA) is 67.8 Å². The number of anilines is 1. The Balaban J connectivity index is 1.24. The van der Waals surface area contributed by atoms with Crippen LogP contribution in [0.4, 0.5) is 5.82 Å². The van der Waals surface area contributed by atoms with Gasteiger partial charge in [-0.3, -0.25) is 4.79 Å². The van der Waals surface area contributed by atoms with Crippen molar-refractivity contribution in [3.8, 4) is 22.8 Å². The molecule has 0 aliphatic carbocycles. The van der Waals surface area contributed by atoms with E-state index in [1.54, 1.807) is 23.1 Å². The van der Waals surface area contributed by atoms with E-state index >= 15 is 0 Å². The first-order valence-corrected chi connectivity index (χ1v) is 10.6. The molecule has 5 rings (SSSR count). The molecule has 3 aromatic rings. The van der Waals surface area contributed by atoms with Crippen LogP contribution < -0.4 is 14.4 Å². The number of piperazine rings is 1. The molecule has 0 bridgehead atoms. The van der Waals surface area contributed by atoms with Gasteiger partial charge in [0.2, 0.25) is 6.79 Å². The van der Waals surface area contributed by atoms with Gasteiger partial charge in [0.05, 0.1) is 16.3 Å². The van der Waals surface area contributed by atoms with Gasteiger partial charge in [0.1, 0.15) is 0 Å². The summed E-state index contributed by atoms with van der Waals surface area (Å²) in [5.41, 5.74) is 2.10. The molecule has 2 aromatic carbocycles. The first-order valence-electron chi connectivity index (χ1n) is 9.81. The highest BCUT2D eigenvalue weighted by Gasteiger charge is 2.25. The lowest BCUT2D eigenvalue weighted by atomic mass is 10.1. The van der Waals surface area contributed by atoms with E-state index < -0.39 is 0 Å². The van der Waals surface area contributed by atoms with Gasteiger partial charge < -0.3 is 19.3 Å². The van der Waals surface area contributed by atoms with E-state index in [4.69, 9.17) is 32.7 Å². The molecule has 0 atom stereocenters. The SMILES string of the molecule is O=C(c1cc(Cl)ccc1Cl)N1CCN(c2ccc(-c3ccc4c(c3)OCO4)nn2)CC1. The predicted molar refractivity (Wildman–Crippen MR) is 118 cm³/mol. The number of rotatable bonds is 3. The van der Waals surface area contributed by atoms with Crippen LogP contribution in [0.5, 0.6) is 11.5 Å². The summed E-state index contributed by atoms with van der Waals surface area (Å²) in [6.07, 6.45) is 0. The zero-order valence-electron chi connectivity index (χ0n) is 16.4. The first-order chi connectivity index (χ1) is 15.1. The zero-order chi connectivity index (χ0) is 21.4. The van der Waals surface area contributed by atoms with E-state index in [1.165, 1.54) is 0 Å². The molecule has 1 saturated heterocycles. The minimum absolute atomic E-state index is 0.114. The number of halogens is 2. The molecule has 1 amide bonds. The van der Waals surface area contributed by atoms with Crippen LogP contribution in [0.25, 0.3) is 11.3 Å². The van der Waals surface area contributed by atoms with Gasteiger partial charge in [0.15, 0.2) is 17.3 Å². The number of carbonyl (C=O) groups excluding carboxylic acids is 1. The normalized spacial score (nSPS) is 15.3. The highest BCUT2D eigenvalue weighted by atomic mass is 35.5. The van der Waals surface area contributed by atoms with Gasteiger partial charge in [-0.05, 0) is 48.5 Å². The molecule has 2 aliphatic heterocycles. The molecule has 0 spiro atoms. The van der Waals surface area contributed by atoms with Gasteiger partial charge in [0, 0.05) is 36.8 Å². The number of ether oxygens (including phenoxy) is 2. The van der Waals surface area contributed by atoms with Crippen LogP contribution in [0.15, 0.2) is 48.5 Å². The maximum Gasteiger partial charge on any atom is 0.255 e. The number of fused-ring (bicyclic) bond motifs is 1. The summed E-state index contributed by atoms with van der Waals surface area (Å²) in [6.45, 7) is 2.67. The Kier molecular flexibility index (Phi) is 5.29. The molecule has 1 fully saturated rings. The van der Waals surface area contributed by atoms with Crippen molar-refractivity contribution in [2.75, 3.05) is 37.9 Å². The van der Waals surface area contributed by atoms with Crippen molar-refractivity contribution in [2.24, 2.45) is 0 Å². The lowest BCUT2D eigenvalue weighted by Crippen LogP contribution is -2.49. The molecular formula is C22H18Cl2N4O3. The van der Waals surface area contributed by atoms with E-state index in [0.717, 1.165) is 22.8 Å². The molecule has 158 valence electrons. The second-order valence-electron chi connectivity index (χ2n) is 7.25. The molecular weight excluding hydrogens is 439 g/mol. The minimum Gasteiger partial charge on any atom is -0.454 e. The number of hydrogen-bond acceptors (Lipinski definition) is 6. The Labute approximate surface area is 189 Å². The molecule has 9 heteroatoms. The second-order valence-corrected chi connectivity index (χ2v) is 8.09. The number of nitrogens with zero attached hydrogens (tertiary/aromatic N) is 4. The largest absolute Gasteiger partial charge is 0.454 e. The van der Waals surface area contributed by atoms with Gasteiger partial charge in [-0.1, -0.05) is 23.2 Å². The third-order valence-corrected chi connectivity index (χ3v) is 5.93. The van der Waals surface area contributed by atoms with Crippen LogP contribution in [0.1, 0.15) is 10.4 Å². The maximum absolute atomic E-state index is 12.8. The van der Waals surface area contributed by atoms with Crippen molar-refractivity contribution in [1.82, 2.24) is 15.1 Å². The fourth-order valence-electron chi connectivity index (χ4n) is 3.67. The van der Waals surface area contributed by atoms with Crippen LogP contribution >= 0.6 is 23.2 Å². The molecule has 0 radical (unpaired) electrons. The molecule has 3 heterocycles. The minimum atomic E-state index is -0.114. The van der Waals surface area contributed by atoms with Crippen LogP contribution in [0.2, 0.25) is 10.0 Å². The summed E-state index contributed by atoms with van der Waals surface area (Å²) in [7, 11) is 0. The van der Waals surface area contributed by atoms with Crippen molar-refractivity contribution in [3.05, 3.63) is 64.1 Å². The molecule has 2 aliphatic rings. The standard InChI is InChI=1S/C22H18Cl2N4O3/c23-15-2-3-17(24)16(12-15)22(29)28-9-7-27(8-10-28)21-6-4-18(25-26-21)14-1-5-19-20(11-14)31-13-30-19/h1-6,11-12H,7-10,13H2. The van der Waals surface area contributed by atoms with Crippen molar-refractivity contribution in [1.29, 1.82) is 0 Å². The summed E-state index contributed by atoms with van der Waals surface area (Å²) >= 11 is 12.2. The number of carbonyl (C=O) groups is 1. The highest BCUT2D eigenvalue weighted by Crippen LogP contribution is 2.35. The molecule has 0 N–H and O–H groups in total. The number of amides is 1. The quantitative estimate of drug-likeness (QED) is 0.589. The molecule has 1 aromatic heterocycles. The van der Waals surface area contributed by atoms with Gasteiger partial charge in [0.25, 0.3) is 5.91 Å². The summed E-state index contributed by atoms with van der Waals surface area (Å²) in [4.78, 5) is 16.7. The highest BCUT2D eigenvalue weighted by molar-refractivity contribution is 6.35. The van der Waals surface area contributed by atoms with Crippen LogP contribution in [0.3, 0.4) is 0 Å². The lowest BCUT2D eigenvalue weighted by Gasteiger charge is -2.35. The first kappa shape index (κ1) is 19.9. The predicted octanol–water partition coefficient (Wildman–Crippen LogP) is 4.14. The van der Waals surface area contributed by atoms with Gasteiger partial charge in [-0.25, -0.2) is 0 Å². The Bertz CT molecular complexity index is 1130. The van der Waals surface area contributed by atoms with E-state index in [-0.39, 0.29) is 12.7 Å². The third-order valence-electron chi connectivity index (χ3n) is 5.37. The number of aromatic nitrogens is 2. The van der Waals surface area contributed by atoms with E-state index in [1.807, 2.05) is 30.3 Å². The Morgan fingerprint density at radius 1 is 0.871 bits per heavy atom. The smallest absolute Gasteiger partial charge is 0.255 e. The van der Waals surface area contributed by atoms with Crippen molar-refractivity contribution in [3.63, 3.8) is 0 Å². The number of benzene rings is 2. The summed E-state index contributed by atoms with van der Waals surface area (Å²) in [5, 5.41) is 9.65. The van der Waals surface area contributed by atoms with E-state index in [2.05, 4.69) is 15.1 Å². The van der Waals surface area contributed by atoms with Gasteiger partial charge >= 0.3 is 0 Å². The maximum atomic E-state index is 12.8. The average Bonchev–Trinajstić information content (AvgIpc) is 3.28. The van der Waals surface area contributed by atoms with Gasteiger partial charge in [-0.2, -0.15) is 0 Å². The van der Waals surface area contributed by atoms with Crippen LogP contribution in [-0.4, -0.2) is 54.0 Å². The Hall–Kier alpha value is -3.03. The molecule has 7 nitrogen and oxygen atoms in total. The molecule has 0 saturated carbocycles. The molecule has 0 unspecified atom stereocenters. The molecule has 31 heavy (non-hydrogen) atoms. The number of hydrogen-bond donors (Lipinski definition) is 0. The lowest BCUT2D eigenvalue weighted by molar-refractivity contribution is 0.0746. The fourth-order valence-corrected chi connectivity index (χ4v) is 4.04. The Morgan fingerprint density at radius 3 is 2.45 bits per heavy atom. The van der Waals surface area contributed by atoms with Gasteiger partial charge in [-0.15, -0.1) is 10.2 Å². The summed E-state index contributed by atoms with van der Waals surface area (Å²) in [5.74, 6) is 2.11. The van der Waals surface area contributed by atoms with Crippen molar-refractivity contribution in [2.45, 2.75) is 0 Å². The monoisotopic (exact) mass is 456 g/mol. The second kappa shape index (κ2) is 8.24.